The van der Waals surface area contributed by atoms with E-state index in [9.17, 15) is 14.4 Å². The molecule has 0 radical (unpaired) electrons. The van der Waals surface area contributed by atoms with Gasteiger partial charge in [0.2, 0.25) is 0 Å². The van der Waals surface area contributed by atoms with Gasteiger partial charge in [-0.2, -0.15) is 0 Å². The lowest BCUT2D eigenvalue weighted by molar-refractivity contribution is -0.131. The summed E-state index contributed by atoms with van der Waals surface area (Å²) in [5, 5.41) is 2.35. The second kappa shape index (κ2) is 9.85. The number of aryl methyl sites for hydroxylation is 1. The summed E-state index contributed by atoms with van der Waals surface area (Å²) in [6, 6.07) is 19.0. The zero-order valence-corrected chi connectivity index (χ0v) is 20.5. The van der Waals surface area contributed by atoms with Gasteiger partial charge in [0.1, 0.15) is 17.9 Å². The van der Waals surface area contributed by atoms with Crippen molar-refractivity contribution in [3.63, 3.8) is 0 Å². The summed E-state index contributed by atoms with van der Waals surface area (Å²) in [6.45, 7) is 4.42. The van der Waals surface area contributed by atoms with E-state index in [1.165, 1.54) is 4.90 Å². The molecule has 0 bridgehead atoms. The molecule has 2 fully saturated rings. The first-order valence-corrected chi connectivity index (χ1v) is 12.3. The molecule has 2 heterocycles. The minimum Gasteiger partial charge on any atom is -0.489 e. The van der Waals surface area contributed by atoms with Gasteiger partial charge in [-0.05, 0) is 74.2 Å². The number of carbonyl (C=O) groups is 3. The van der Waals surface area contributed by atoms with Crippen LogP contribution in [0.3, 0.4) is 0 Å². The van der Waals surface area contributed by atoms with Crippen molar-refractivity contribution in [2.75, 3.05) is 0 Å². The van der Waals surface area contributed by atoms with E-state index in [0.717, 1.165) is 59.6 Å². The standard InChI is InChI=1S/C29H29N3O4/c1-19-16-22(17-26-27(33)30-29(35)32(28(26)34)23-10-6-7-11-23)20(2)31(19)24-12-14-25(15-13-24)36-18-21-8-4-3-5-9-21/h3-5,8-9,12-17,23H,6-7,10-11,18H2,1-2H3,(H,30,33,35)/b26-17+. The molecule has 184 valence electrons. The van der Waals surface area contributed by atoms with Crippen molar-refractivity contribution in [1.82, 2.24) is 14.8 Å². The second-order valence-corrected chi connectivity index (χ2v) is 9.36. The number of ether oxygens (including phenoxy) is 1. The summed E-state index contributed by atoms with van der Waals surface area (Å²) in [6.07, 6.45) is 5.11. The van der Waals surface area contributed by atoms with Crippen molar-refractivity contribution in [1.29, 1.82) is 0 Å². The van der Waals surface area contributed by atoms with Gasteiger partial charge in [0.25, 0.3) is 11.8 Å². The molecule has 7 nitrogen and oxygen atoms in total. The molecule has 3 aromatic rings. The number of urea groups is 1. The third kappa shape index (κ3) is 4.56. The Morgan fingerprint density at radius 3 is 2.36 bits per heavy atom. The van der Waals surface area contributed by atoms with E-state index < -0.39 is 17.8 Å². The lowest BCUT2D eigenvalue weighted by atomic mass is 10.1. The number of imide groups is 2. The molecule has 0 atom stereocenters. The quantitative estimate of drug-likeness (QED) is 0.392. The Balaban J connectivity index is 1.38. The van der Waals surface area contributed by atoms with E-state index in [1.807, 2.05) is 74.5 Å². The summed E-state index contributed by atoms with van der Waals surface area (Å²) in [5.74, 6) is -0.391. The highest BCUT2D eigenvalue weighted by molar-refractivity contribution is 6.31. The van der Waals surface area contributed by atoms with Crippen molar-refractivity contribution in [2.24, 2.45) is 0 Å². The monoisotopic (exact) mass is 483 g/mol. The highest BCUT2D eigenvalue weighted by Crippen LogP contribution is 2.29. The van der Waals surface area contributed by atoms with Gasteiger partial charge < -0.3 is 9.30 Å². The minimum absolute atomic E-state index is 0.00795. The Morgan fingerprint density at radius 2 is 1.67 bits per heavy atom. The van der Waals surface area contributed by atoms with Gasteiger partial charge in [-0.3, -0.25) is 19.8 Å². The van der Waals surface area contributed by atoms with E-state index in [4.69, 9.17) is 4.74 Å². The van der Waals surface area contributed by atoms with Crippen molar-refractivity contribution in [2.45, 2.75) is 52.2 Å². The molecule has 4 amide bonds. The molecule has 2 aromatic carbocycles. The third-order valence-corrected chi connectivity index (χ3v) is 6.94. The third-order valence-electron chi connectivity index (χ3n) is 6.94. The van der Waals surface area contributed by atoms with Gasteiger partial charge in [0.15, 0.2) is 0 Å². The molecule has 1 saturated heterocycles. The predicted molar refractivity (Wildman–Crippen MR) is 137 cm³/mol. The maximum atomic E-state index is 13.2. The van der Waals surface area contributed by atoms with Gasteiger partial charge in [-0.15, -0.1) is 0 Å². The van der Waals surface area contributed by atoms with Gasteiger partial charge >= 0.3 is 6.03 Å². The number of nitrogens with one attached hydrogen (secondary N) is 1. The molecule has 1 saturated carbocycles. The first-order chi connectivity index (χ1) is 17.4. The van der Waals surface area contributed by atoms with Gasteiger partial charge in [-0.25, -0.2) is 4.79 Å². The molecular formula is C29H29N3O4. The van der Waals surface area contributed by atoms with Gasteiger partial charge in [0.05, 0.1) is 0 Å². The number of carbonyl (C=O) groups excluding carboxylic acids is 3. The zero-order chi connectivity index (χ0) is 25.2. The van der Waals surface area contributed by atoms with Gasteiger partial charge in [0, 0.05) is 23.1 Å². The lowest BCUT2D eigenvalue weighted by Gasteiger charge is -2.31. The first-order valence-electron chi connectivity index (χ1n) is 12.3. The largest absolute Gasteiger partial charge is 0.489 e. The lowest BCUT2D eigenvalue weighted by Crippen LogP contribution is -2.57. The van der Waals surface area contributed by atoms with E-state index >= 15 is 0 Å². The van der Waals surface area contributed by atoms with Crippen LogP contribution in [0.25, 0.3) is 11.8 Å². The number of hydrogen-bond donors (Lipinski definition) is 1. The fraction of sp³-hybridized carbons (Fsp3) is 0.276. The van der Waals surface area contributed by atoms with Crippen LogP contribution in [-0.2, 0) is 16.2 Å². The van der Waals surface area contributed by atoms with Crippen LogP contribution in [0.15, 0.2) is 66.2 Å². The Bertz CT molecular complexity index is 1330. The summed E-state index contributed by atoms with van der Waals surface area (Å²) in [7, 11) is 0. The average Bonchev–Trinajstić information content (AvgIpc) is 3.49. The molecule has 1 N–H and O–H groups in total. The maximum absolute atomic E-state index is 13.2. The van der Waals surface area contributed by atoms with E-state index in [1.54, 1.807) is 6.08 Å². The van der Waals surface area contributed by atoms with Crippen LogP contribution in [0.2, 0.25) is 0 Å². The molecule has 36 heavy (non-hydrogen) atoms. The summed E-state index contributed by atoms with van der Waals surface area (Å²) >= 11 is 0. The second-order valence-electron chi connectivity index (χ2n) is 9.36. The van der Waals surface area contributed by atoms with Crippen LogP contribution in [0.4, 0.5) is 4.79 Å². The normalized spacial score (nSPS) is 17.7. The Hall–Kier alpha value is -4.13. The summed E-state index contributed by atoms with van der Waals surface area (Å²) in [4.78, 5) is 39.4. The number of hydrogen-bond acceptors (Lipinski definition) is 4. The highest BCUT2D eigenvalue weighted by atomic mass is 16.5. The SMILES string of the molecule is Cc1cc(/C=C2\C(=O)NC(=O)N(C3CCCC3)C2=O)c(C)n1-c1ccc(OCc2ccccc2)cc1. The Labute approximate surface area is 210 Å². The predicted octanol–water partition coefficient (Wildman–Crippen LogP) is 5.08. The van der Waals surface area contributed by atoms with Gasteiger partial charge in [-0.1, -0.05) is 43.2 Å². The minimum atomic E-state index is -0.649. The molecule has 0 unspecified atom stereocenters. The van der Waals surface area contributed by atoms with Crippen molar-refractivity contribution in [3.05, 3.63) is 88.8 Å². The molecule has 5 rings (SSSR count). The summed E-state index contributed by atoms with van der Waals surface area (Å²) in [5.41, 5.74) is 4.66. The van der Waals surface area contributed by atoms with Crippen molar-refractivity contribution < 1.29 is 19.1 Å². The molecule has 0 spiro atoms. The topological polar surface area (TPSA) is 80.6 Å². The molecular weight excluding hydrogens is 454 g/mol. The van der Waals surface area contributed by atoms with Crippen LogP contribution in [0.5, 0.6) is 5.75 Å². The maximum Gasteiger partial charge on any atom is 0.331 e. The van der Waals surface area contributed by atoms with Crippen LogP contribution in [0, 0.1) is 13.8 Å². The fourth-order valence-electron chi connectivity index (χ4n) is 5.08. The molecule has 1 aliphatic heterocycles. The van der Waals surface area contributed by atoms with Crippen LogP contribution < -0.4 is 10.1 Å². The fourth-order valence-corrected chi connectivity index (χ4v) is 5.08. The van der Waals surface area contributed by atoms with Crippen molar-refractivity contribution >= 4 is 23.9 Å². The average molecular weight is 484 g/mol. The first kappa shape index (κ1) is 23.6. The Morgan fingerprint density at radius 1 is 0.972 bits per heavy atom. The molecule has 2 aliphatic rings. The number of amides is 4. The van der Waals surface area contributed by atoms with Crippen LogP contribution >= 0.6 is 0 Å². The summed E-state index contributed by atoms with van der Waals surface area (Å²) < 4.78 is 7.97. The molecule has 1 aliphatic carbocycles. The molecule has 1 aromatic heterocycles. The van der Waals surface area contributed by atoms with Crippen molar-refractivity contribution in [3.8, 4) is 11.4 Å². The number of benzene rings is 2. The van der Waals surface area contributed by atoms with E-state index in [-0.39, 0.29) is 11.6 Å². The van der Waals surface area contributed by atoms with Crippen LogP contribution in [-0.4, -0.2) is 33.4 Å². The number of nitrogens with zero attached hydrogens (tertiary/aromatic N) is 2. The number of barbiturate groups is 1. The highest BCUT2D eigenvalue weighted by Gasteiger charge is 2.40. The Kier molecular flexibility index (Phi) is 6.46. The zero-order valence-electron chi connectivity index (χ0n) is 20.5. The number of aromatic nitrogens is 1. The van der Waals surface area contributed by atoms with E-state index in [2.05, 4.69) is 9.88 Å². The van der Waals surface area contributed by atoms with Crippen LogP contribution in [0.1, 0.15) is 48.2 Å². The smallest absolute Gasteiger partial charge is 0.331 e. The number of rotatable bonds is 6. The molecule has 7 heteroatoms. The van der Waals surface area contributed by atoms with E-state index in [0.29, 0.717) is 6.61 Å².